The molecule has 4 nitrogen and oxygen atoms in total. The fourth-order valence-electron chi connectivity index (χ4n) is 2.08. The predicted octanol–water partition coefficient (Wildman–Crippen LogP) is 4.55. The van der Waals surface area contributed by atoms with Crippen LogP contribution in [0.5, 0.6) is 0 Å². The largest absolute Gasteiger partial charge is 0.455 e. The molecule has 0 fully saturated rings. The lowest BCUT2D eigenvalue weighted by molar-refractivity contribution is 0.0460. The van der Waals surface area contributed by atoms with E-state index in [1.54, 1.807) is 0 Å². The number of hydrogen-bond acceptors (Lipinski definition) is 3. The van der Waals surface area contributed by atoms with Gasteiger partial charge in [0.15, 0.2) is 28.9 Å². The number of esters is 1. The van der Waals surface area contributed by atoms with Crippen LogP contribution in [-0.4, -0.2) is 15.4 Å². The second-order valence-corrected chi connectivity index (χ2v) is 5.74. The summed E-state index contributed by atoms with van der Waals surface area (Å²) in [6, 6.07) is 1.68. The molecule has 2 heterocycles. The molecule has 3 aromatic rings. The standard InChI is InChI=1S/C15H6Cl2F4N2O2/c16-6-1-9(17)14-22-7(4-23(14)3-6)5-25-15(24)8-2-10(18)12(20)13(21)11(8)19/h1-4H,5H2. The van der Waals surface area contributed by atoms with Crippen LogP contribution in [0.4, 0.5) is 17.6 Å². The van der Waals surface area contributed by atoms with Crippen molar-refractivity contribution in [2.45, 2.75) is 6.61 Å². The van der Waals surface area contributed by atoms with E-state index < -0.39 is 41.4 Å². The molecule has 130 valence electrons. The topological polar surface area (TPSA) is 43.6 Å². The lowest BCUT2D eigenvalue weighted by Gasteiger charge is -2.06. The van der Waals surface area contributed by atoms with Crippen molar-refractivity contribution in [2.24, 2.45) is 0 Å². The van der Waals surface area contributed by atoms with Gasteiger partial charge in [-0.05, 0) is 12.1 Å². The molecular formula is C15H6Cl2F4N2O2. The van der Waals surface area contributed by atoms with E-state index in [2.05, 4.69) is 4.98 Å². The third kappa shape index (κ3) is 3.27. The Bertz CT molecular complexity index is 1010. The number of ether oxygens (including phenoxy) is 1. The zero-order chi connectivity index (χ0) is 18.3. The van der Waals surface area contributed by atoms with Gasteiger partial charge < -0.3 is 9.14 Å². The highest BCUT2D eigenvalue weighted by Gasteiger charge is 2.24. The van der Waals surface area contributed by atoms with Crippen molar-refractivity contribution in [2.75, 3.05) is 0 Å². The maximum absolute atomic E-state index is 13.5. The van der Waals surface area contributed by atoms with Gasteiger partial charge in [-0.1, -0.05) is 23.2 Å². The number of imidazole rings is 1. The molecule has 0 spiro atoms. The molecule has 25 heavy (non-hydrogen) atoms. The van der Waals surface area contributed by atoms with Crippen molar-refractivity contribution in [1.29, 1.82) is 0 Å². The first-order chi connectivity index (χ1) is 11.8. The summed E-state index contributed by atoms with van der Waals surface area (Å²) in [6.45, 7) is -0.436. The number of carbonyl (C=O) groups excluding carboxylic acids is 1. The predicted molar refractivity (Wildman–Crippen MR) is 80.6 cm³/mol. The minimum Gasteiger partial charge on any atom is -0.455 e. The number of aromatic nitrogens is 2. The lowest BCUT2D eigenvalue weighted by atomic mass is 10.2. The van der Waals surface area contributed by atoms with Crippen LogP contribution in [0.3, 0.4) is 0 Å². The molecule has 0 aliphatic carbocycles. The van der Waals surface area contributed by atoms with Gasteiger partial charge in [-0.15, -0.1) is 0 Å². The first kappa shape index (κ1) is 17.5. The second-order valence-electron chi connectivity index (χ2n) is 4.89. The molecule has 0 amide bonds. The van der Waals surface area contributed by atoms with E-state index in [0.717, 1.165) is 0 Å². The number of pyridine rings is 1. The fourth-order valence-corrected chi connectivity index (χ4v) is 2.61. The second kappa shape index (κ2) is 6.53. The highest BCUT2D eigenvalue weighted by Crippen LogP contribution is 2.23. The molecule has 2 aromatic heterocycles. The lowest BCUT2D eigenvalue weighted by Crippen LogP contribution is -2.11. The van der Waals surface area contributed by atoms with Crippen molar-refractivity contribution < 1.29 is 27.1 Å². The Morgan fingerprint density at radius 3 is 2.52 bits per heavy atom. The van der Waals surface area contributed by atoms with Gasteiger partial charge in [0.25, 0.3) is 0 Å². The first-order valence-electron chi connectivity index (χ1n) is 6.60. The summed E-state index contributed by atoms with van der Waals surface area (Å²) >= 11 is 11.8. The van der Waals surface area contributed by atoms with E-state index in [-0.39, 0.29) is 16.8 Å². The Morgan fingerprint density at radius 1 is 1.08 bits per heavy atom. The summed E-state index contributed by atoms with van der Waals surface area (Å²) in [4.78, 5) is 15.9. The maximum Gasteiger partial charge on any atom is 0.341 e. The van der Waals surface area contributed by atoms with Crippen molar-refractivity contribution in [3.8, 4) is 0 Å². The van der Waals surface area contributed by atoms with Crippen LogP contribution >= 0.6 is 23.2 Å². The van der Waals surface area contributed by atoms with Crippen molar-refractivity contribution in [3.05, 3.63) is 69.1 Å². The van der Waals surface area contributed by atoms with E-state index in [9.17, 15) is 22.4 Å². The summed E-state index contributed by atoms with van der Waals surface area (Å²) in [5, 5.41) is 0.594. The van der Waals surface area contributed by atoms with Gasteiger partial charge in [0.1, 0.15) is 12.2 Å². The average Bonchev–Trinajstić information content (AvgIpc) is 2.97. The molecule has 0 aliphatic rings. The van der Waals surface area contributed by atoms with Crippen LogP contribution in [0, 0.1) is 23.3 Å². The average molecular weight is 393 g/mol. The Hall–Kier alpha value is -2.32. The molecule has 0 bridgehead atoms. The molecule has 0 saturated heterocycles. The van der Waals surface area contributed by atoms with Gasteiger partial charge in [0.05, 0.1) is 15.7 Å². The van der Waals surface area contributed by atoms with E-state index >= 15 is 0 Å². The fraction of sp³-hybridized carbons (Fsp3) is 0.0667. The van der Waals surface area contributed by atoms with Crippen LogP contribution in [0.15, 0.2) is 24.5 Å². The number of fused-ring (bicyclic) bond motifs is 1. The number of nitrogens with zero attached hydrogens (tertiary/aromatic N) is 2. The summed E-state index contributed by atoms with van der Waals surface area (Å²) in [6.07, 6.45) is 2.95. The molecule has 0 unspecified atom stereocenters. The van der Waals surface area contributed by atoms with Crippen LogP contribution in [0.2, 0.25) is 10.0 Å². The van der Waals surface area contributed by atoms with Crippen molar-refractivity contribution in [1.82, 2.24) is 9.38 Å². The highest BCUT2D eigenvalue weighted by atomic mass is 35.5. The van der Waals surface area contributed by atoms with Gasteiger partial charge in [-0.25, -0.2) is 27.3 Å². The van der Waals surface area contributed by atoms with Crippen LogP contribution in [0.1, 0.15) is 16.1 Å². The molecule has 0 N–H and O–H groups in total. The third-order valence-electron chi connectivity index (χ3n) is 3.20. The van der Waals surface area contributed by atoms with Crippen LogP contribution < -0.4 is 0 Å². The Morgan fingerprint density at radius 2 is 1.80 bits per heavy atom. The van der Waals surface area contributed by atoms with Crippen molar-refractivity contribution in [3.63, 3.8) is 0 Å². The van der Waals surface area contributed by atoms with Gasteiger partial charge >= 0.3 is 5.97 Å². The van der Waals surface area contributed by atoms with Gasteiger partial charge in [-0.2, -0.15) is 0 Å². The minimum atomic E-state index is -2.10. The molecular weight excluding hydrogens is 387 g/mol. The van der Waals surface area contributed by atoms with E-state index in [4.69, 9.17) is 27.9 Å². The van der Waals surface area contributed by atoms with E-state index in [1.807, 2.05) is 0 Å². The SMILES string of the molecule is O=C(OCc1cn2cc(Cl)cc(Cl)c2n1)c1cc(F)c(F)c(F)c1F. The monoisotopic (exact) mass is 392 g/mol. The van der Waals surface area contributed by atoms with Crippen LogP contribution in [0.25, 0.3) is 5.65 Å². The van der Waals surface area contributed by atoms with Gasteiger partial charge in [-0.3, -0.25) is 0 Å². The smallest absolute Gasteiger partial charge is 0.341 e. The van der Waals surface area contributed by atoms with Gasteiger partial charge in [0.2, 0.25) is 0 Å². The number of benzene rings is 1. The van der Waals surface area contributed by atoms with Gasteiger partial charge in [0, 0.05) is 12.4 Å². The number of rotatable bonds is 3. The zero-order valence-electron chi connectivity index (χ0n) is 12.0. The summed E-state index contributed by atoms with van der Waals surface area (Å²) in [5.41, 5.74) is -0.510. The molecule has 10 heteroatoms. The van der Waals surface area contributed by atoms with Crippen LogP contribution in [-0.2, 0) is 11.3 Å². The quantitative estimate of drug-likeness (QED) is 0.284. The Balaban J connectivity index is 1.82. The van der Waals surface area contributed by atoms with E-state index in [1.165, 1.54) is 22.9 Å². The molecule has 1 aromatic carbocycles. The third-order valence-corrected chi connectivity index (χ3v) is 3.68. The van der Waals surface area contributed by atoms with E-state index in [0.29, 0.717) is 10.7 Å². The highest BCUT2D eigenvalue weighted by molar-refractivity contribution is 6.36. The number of carbonyl (C=O) groups is 1. The number of halogens is 6. The Kier molecular flexibility index (Phi) is 4.57. The molecule has 0 aliphatic heterocycles. The first-order valence-corrected chi connectivity index (χ1v) is 7.36. The summed E-state index contributed by atoms with van der Waals surface area (Å²) in [5.74, 6) is -9.03. The summed E-state index contributed by atoms with van der Waals surface area (Å²) < 4.78 is 59.0. The molecule has 0 radical (unpaired) electrons. The Labute approximate surface area is 147 Å². The summed E-state index contributed by atoms with van der Waals surface area (Å²) in [7, 11) is 0. The normalized spacial score (nSPS) is 11.1. The molecule has 3 rings (SSSR count). The molecule has 0 saturated carbocycles. The number of hydrogen-bond donors (Lipinski definition) is 0. The zero-order valence-corrected chi connectivity index (χ0v) is 13.5. The molecule has 0 atom stereocenters. The maximum atomic E-state index is 13.5. The minimum absolute atomic E-state index is 0.219. The van der Waals surface area contributed by atoms with Crippen molar-refractivity contribution >= 4 is 34.8 Å².